The summed E-state index contributed by atoms with van der Waals surface area (Å²) < 4.78 is 2.16. The maximum absolute atomic E-state index is 10.8. The summed E-state index contributed by atoms with van der Waals surface area (Å²) in [5.41, 5.74) is 1.28. The number of fused-ring (bicyclic) bond motifs is 4. The Morgan fingerprint density at radius 2 is 1.76 bits per heavy atom. The molecule has 5 nitrogen and oxygen atoms in total. The van der Waals surface area contributed by atoms with Gasteiger partial charge in [0, 0.05) is 55.4 Å². The lowest BCUT2D eigenvalue weighted by Crippen LogP contribution is -2.47. The van der Waals surface area contributed by atoms with E-state index in [9.17, 15) is 5.11 Å². The molecule has 0 unspecified atom stereocenters. The minimum Gasteiger partial charge on any atom is -0.494 e. The van der Waals surface area contributed by atoms with Crippen LogP contribution in [0.15, 0.2) is 24.4 Å². The highest BCUT2D eigenvalue weighted by Gasteiger charge is 2.36. The SMILES string of the molecule is CN1CCN(c2ccc3c(O)n([C@H]4CN5CCC4CC5)cc3c2)CC1. The van der Waals surface area contributed by atoms with Crippen molar-refractivity contribution in [1.82, 2.24) is 14.4 Å². The minimum atomic E-state index is 0.432. The van der Waals surface area contributed by atoms with Gasteiger partial charge in [0.1, 0.15) is 0 Å². The van der Waals surface area contributed by atoms with Crippen LogP contribution < -0.4 is 4.90 Å². The van der Waals surface area contributed by atoms with Gasteiger partial charge in [-0.3, -0.25) is 0 Å². The largest absolute Gasteiger partial charge is 0.494 e. The fraction of sp³-hybridized carbons (Fsp3) is 0.600. The molecule has 4 aliphatic rings. The second-order valence-electron chi connectivity index (χ2n) is 8.13. The number of nitrogens with zero attached hydrogens (tertiary/aromatic N) is 4. The first kappa shape index (κ1) is 15.5. The standard InChI is InChI=1S/C20H28N4O/c1-21-8-10-23(11-9-21)17-2-3-18-16(12-17)13-24(20(18)25)19-14-22-6-4-15(19)5-7-22/h2-3,12-13,15,19,25H,4-11,14H2,1H3/t19-/m0/s1. The first-order chi connectivity index (χ1) is 12.2. The number of aromatic nitrogens is 1. The molecule has 1 atom stereocenters. The highest BCUT2D eigenvalue weighted by molar-refractivity contribution is 5.90. The molecule has 5 heterocycles. The third kappa shape index (κ3) is 2.61. The molecule has 4 aliphatic heterocycles. The van der Waals surface area contributed by atoms with E-state index < -0.39 is 0 Å². The van der Waals surface area contributed by atoms with Gasteiger partial charge in [-0.1, -0.05) is 0 Å². The molecular weight excluding hydrogens is 312 g/mol. The Hall–Kier alpha value is -1.72. The topological polar surface area (TPSA) is 34.9 Å². The molecule has 2 aromatic rings. The number of likely N-dealkylation sites (N-methyl/N-ethyl adjacent to an activating group) is 1. The van der Waals surface area contributed by atoms with E-state index in [0.29, 0.717) is 11.9 Å². The predicted octanol–water partition coefficient (Wildman–Crippen LogP) is 2.37. The van der Waals surface area contributed by atoms with Crippen molar-refractivity contribution in [2.45, 2.75) is 18.9 Å². The van der Waals surface area contributed by atoms with Gasteiger partial charge in [-0.05, 0) is 57.1 Å². The first-order valence-electron chi connectivity index (χ1n) is 9.68. The number of hydrogen-bond acceptors (Lipinski definition) is 4. The summed E-state index contributed by atoms with van der Waals surface area (Å²) in [5.74, 6) is 1.17. The van der Waals surface area contributed by atoms with Gasteiger partial charge in [-0.25, -0.2) is 0 Å². The van der Waals surface area contributed by atoms with Gasteiger partial charge in [0.05, 0.1) is 6.04 Å². The van der Waals surface area contributed by atoms with Crippen molar-refractivity contribution in [1.29, 1.82) is 0 Å². The van der Waals surface area contributed by atoms with E-state index in [4.69, 9.17) is 0 Å². The van der Waals surface area contributed by atoms with Crippen LogP contribution in [0.3, 0.4) is 0 Å². The molecule has 0 radical (unpaired) electrons. The summed E-state index contributed by atoms with van der Waals surface area (Å²) in [4.78, 5) is 7.39. The molecule has 1 N–H and O–H groups in total. The molecule has 0 amide bonds. The fourth-order valence-corrected chi connectivity index (χ4v) is 4.97. The number of aromatic hydroxyl groups is 1. The number of hydrogen-bond donors (Lipinski definition) is 1. The van der Waals surface area contributed by atoms with Crippen LogP contribution in [0.5, 0.6) is 5.88 Å². The van der Waals surface area contributed by atoms with Crippen LogP contribution >= 0.6 is 0 Å². The van der Waals surface area contributed by atoms with Crippen molar-refractivity contribution in [3.8, 4) is 5.88 Å². The monoisotopic (exact) mass is 340 g/mol. The van der Waals surface area contributed by atoms with Crippen LogP contribution in [-0.4, -0.2) is 72.3 Å². The first-order valence-corrected chi connectivity index (χ1v) is 9.68. The molecule has 0 spiro atoms. The van der Waals surface area contributed by atoms with Crippen LogP contribution in [0.25, 0.3) is 10.8 Å². The summed E-state index contributed by atoms with van der Waals surface area (Å²) in [6, 6.07) is 6.98. The van der Waals surface area contributed by atoms with Gasteiger partial charge in [0.2, 0.25) is 0 Å². The van der Waals surface area contributed by atoms with Crippen molar-refractivity contribution in [3.05, 3.63) is 24.4 Å². The molecule has 0 aliphatic carbocycles. The van der Waals surface area contributed by atoms with Crippen LogP contribution in [0.4, 0.5) is 5.69 Å². The Balaban J connectivity index is 1.47. The average Bonchev–Trinajstić information content (AvgIpc) is 2.99. The van der Waals surface area contributed by atoms with Gasteiger partial charge in [0.25, 0.3) is 0 Å². The molecule has 6 rings (SSSR count). The lowest BCUT2D eigenvalue weighted by molar-refractivity contribution is 0.0541. The Morgan fingerprint density at radius 3 is 2.44 bits per heavy atom. The zero-order chi connectivity index (χ0) is 17.0. The lowest BCUT2D eigenvalue weighted by atomic mass is 9.84. The number of anilines is 1. The van der Waals surface area contributed by atoms with Gasteiger partial charge in [-0.15, -0.1) is 0 Å². The maximum Gasteiger partial charge on any atom is 0.199 e. The van der Waals surface area contributed by atoms with E-state index in [1.165, 1.54) is 37.0 Å². The van der Waals surface area contributed by atoms with E-state index >= 15 is 0 Å². The van der Waals surface area contributed by atoms with E-state index in [0.717, 1.165) is 44.0 Å². The summed E-state index contributed by atoms with van der Waals surface area (Å²) in [5, 5.41) is 13.0. The van der Waals surface area contributed by atoms with Gasteiger partial charge >= 0.3 is 0 Å². The van der Waals surface area contributed by atoms with E-state index in [-0.39, 0.29) is 0 Å². The molecule has 1 aromatic carbocycles. The van der Waals surface area contributed by atoms with Gasteiger partial charge in [-0.2, -0.15) is 0 Å². The molecule has 5 heteroatoms. The molecule has 4 saturated heterocycles. The normalized spacial score (nSPS) is 30.3. The molecule has 2 bridgehead atoms. The number of piperidine rings is 3. The van der Waals surface area contributed by atoms with Crippen molar-refractivity contribution in [3.63, 3.8) is 0 Å². The smallest absolute Gasteiger partial charge is 0.199 e. The third-order valence-corrected chi connectivity index (χ3v) is 6.65. The Labute approximate surface area is 149 Å². The summed E-state index contributed by atoms with van der Waals surface area (Å²) in [7, 11) is 2.19. The average molecular weight is 340 g/mol. The molecular formula is C20H28N4O. The maximum atomic E-state index is 10.8. The van der Waals surface area contributed by atoms with Crippen LogP contribution in [-0.2, 0) is 0 Å². The third-order valence-electron chi connectivity index (χ3n) is 6.65. The van der Waals surface area contributed by atoms with Crippen LogP contribution in [0, 0.1) is 5.92 Å². The van der Waals surface area contributed by atoms with Crippen molar-refractivity contribution in [2.75, 3.05) is 57.8 Å². The van der Waals surface area contributed by atoms with E-state index in [1.54, 1.807) is 0 Å². The molecule has 0 saturated carbocycles. The Morgan fingerprint density at radius 1 is 1.00 bits per heavy atom. The quantitative estimate of drug-likeness (QED) is 0.910. The zero-order valence-electron chi connectivity index (χ0n) is 15.1. The summed E-state index contributed by atoms with van der Waals surface area (Å²) >= 11 is 0. The molecule has 25 heavy (non-hydrogen) atoms. The second kappa shape index (κ2) is 5.92. The second-order valence-corrected chi connectivity index (χ2v) is 8.13. The number of benzene rings is 1. The summed E-state index contributed by atoms with van der Waals surface area (Å²) in [6.07, 6.45) is 4.73. The molecule has 4 fully saturated rings. The van der Waals surface area contributed by atoms with Crippen LogP contribution in [0.2, 0.25) is 0 Å². The Bertz CT molecular complexity index is 769. The van der Waals surface area contributed by atoms with E-state index in [1.807, 2.05) is 0 Å². The highest BCUT2D eigenvalue weighted by atomic mass is 16.3. The highest BCUT2D eigenvalue weighted by Crippen LogP contribution is 2.41. The zero-order valence-corrected chi connectivity index (χ0v) is 15.1. The molecule has 134 valence electrons. The fourth-order valence-electron chi connectivity index (χ4n) is 4.97. The lowest BCUT2D eigenvalue weighted by Gasteiger charge is -2.45. The van der Waals surface area contributed by atoms with Gasteiger partial charge in [0.15, 0.2) is 5.88 Å². The van der Waals surface area contributed by atoms with Crippen LogP contribution in [0.1, 0.15) is 18.9 Å². The summed E-state index contributed by atoms with van der Waals surface area (Å²) in [6.45, 7) is 7.94. The van der Waals surface area contributed by atoms with Crippen molar-refractivity contribution >= 4 is 16.5 Å². The molecule has 1 aromatic heterocycles. The van der Waals surface area contributed by atoms with Crippen molar-refractivity contribution in [2.24, 2.45) is 5.92 Å². The number of rotatable bonds is 2. The Kier molecular flexibility index (Phi) is 3.68. The van der Waals surface area contributed by atoms with E-state index in [2.05, 4.69) is 50.7 Å². The predicted molar refractivity (Wildman–Crippen MR) is 102 cm³/mol. The van der Waals surface area contributed by atoms with Gasteiger partial charge < -0.3 is 24.4 Å². The number of piperazine rings is 1. The minimum absolute atomic E-state index is 0.432. The van der Waals surface area contributed by atoms with Crippen molar-refractivity contribution < 1.29 is 5.11 Å².